The van der Waals surface area contributed by atoms with E-state index in [9.17, 15) is 0 Å². The van der Waals surface area contributed by atoms with Gasteiger partial charge in [0, 0.05) is 38.6 Å². The Hall–Kier alpha value is -6.78. The van der Waals surface area contributed by atoms with Crippen LogP contribution in [0.1, 0.15) is 26.3 Å². The summed E-state index contributed by atoms with van der Waals surface area (Å²) >= 11 is 0. The van der Waals surface area contributed by atoms with Gasteiger partial charge < -0.3 is 0 Å². The van der Waals surface area contributed by atoms with Crippen molar-refractivity contribution in [2.45, 2.75) is 26.2 Å². The zero-order valence-corrected chi connectivity index (χ0v) is 30.5. The van der Waals surface area contributed by atoms with Crippen LogP contribution in [0.5, 0.6) is 0 Å². The van der Waals surface area contributed by atoms with E-state index in [1.54, 1.807) is 0 Å². The molecule has 0 saturated heterocycles. The molecule has 0 aliphatic carbocycles. The van der Waals surface area contributed by atoms with E-state index >= 15 is 0 Å². The smallest absolute Gasteiger partial charge is 0.160 e. The molecule has 258 valence electrons. The van der Waals surface area contributed by atoms with Gasteiger partial charge in [0.15, 0.2) is 5.82 Å². The Kier molecular flexibility index (Phi) is 8.36. The van der Waals surface area contributed by atoms with E-state index in [0.29, 0.717) is 5.82 Å². The van der Waals surface area contributed by atoms with Gasteiger partial charge in [-0.3, -0.25) is 0 Å². The monoisotopic (exact) mass is 694 g/mol. The number of aromatic nitrogens is 4. The van der Waals surface area contributed by atoms with Crippen molar-refractivity contribution in [3.8, 4) is 67.5 Å². The summed E-state index contributed by atoms with van der Waals surface area (Å²) in [6.07, 6.45) is 0. The lowest BCUT2D eigenvalue weighted by molar-refractivity contribution is 0.595. The zero-order chi connectivity index (χ0) is 36.6. The van der Waals surface area contributed by atoms with Gasteiger partial charge in [-0.2, -0.15) is 0 Å². The highest BCUT2D eigenvalue weighted by atomic mass is 14.9. The molecule has 4 nitrogen and oxygen atoms in total. The van der Waals surface area contributed by atoms with Gasteiger partial charge in [0.1, 0.15) is 0 Å². The van der Waals surface area contributed by atoms with Crippen LogP contribution in [0.25, 0.3) is 89.4 Å². The third kappa shape index (κ3) is 6.44. The molecule has 0 unspecified atom stereocenters. The van der Waals surface area contributed by atoms with Crippen LogP contribution in [0.15, 0.2) is 176 Å². The predicted octanol–water partition coefficient (Wildman–Crippen LogP) is 12.9. The quantitative estimate of drug-likeness (QED) is 0.163. The Bertz CT molecular complexity index is 2710. The number of rotatable bonds is 6. The second kappa shape index (κ2) is 13.6. The van der Waals surface area contributed by atoms with Gasteiger partial charge in [-0.1, -0.05) is 172 Å². The number of hydrogen-bond donors (Lipinski definition) is 0. The molecule has 0 bridgehead atoms. The van der Waals surface area contributed by atoms with E-state index in [1.807, 2.05) is 42.5 Å². The fourth-order valence-electron chi connectivity index (χ4n) is 7.17. The van der Waals surface area contributed by atoms with E-state index < -0.39 is 0 Å². The second-order valence-corrected chi connectivity index (χ2v) is 14.8. The van der Waals surface area contributed by atoms with Crippen LogP contribution in [-0.4, -0.2) is 19.9 Å². The van der Waals surface area contributed by atoms with Crippen molar-refractivity contribution in [2.75, 3.05) is 0 Å². The highest BCUT2D eigenvalue weighted by Crippen LogP contribution is 2.37. The largest absolute Gasteiger partial charge is 0.245 e. The summed E-state index contributed by atoms with van der Waals surface area (Å²) in [4.78, 5) is 20.5. The fourth-order valence-corrected chi connectivity index (χ4v) is 7.17. The van der Waals surface area contributed by atoms with Crippen LogP contribution >= 0.6 is 0 Å². The third-order valence-electron chi connectivity index (χ3n) is 10.0. The standard InChI is InChI=1S/C50H38N4/c1-50(2,3)42-31-44(52-48-41(42)28-26-37-27-29-43(51-47(37)48)34-14-7-4-8-15-34)40-21-13-20-39(30-40)33-22-24-36(25-23-33)46-32-45(35-16-9-5-10-17-35)53-49(54-46)38-18-11-6-12-19-38/h4-32H,1-3H3. The SMILES string of the molecule is CC(C)(C)c1cc(-c2cccc(-c3ccc(-c4cc(-c5ccccc5)nc(-c5ccccc5)n4)cc3)c2)nc2c1ccc1ccc(-c3ccccc3)nc12. The summed E-state index contributed by atoms with van der Waals surface area (Å²) in [7, 11) is 0. The van der Waals surface area contributed by atoms with Crippen molar-refractivity contribution in [3.05, 3.63) is 181 Å². The minimum Gasteiger partial charge on any atom is -0.245 e. The van der Waals surface area contributed by atoms with Gasteiger partial charge in [0.05, 0.1) is 33.8 Å². The molecule has 9 aromatic rings. The summed E-state index contributed by atoms with van der Waals surface area (Å²) < 4.78 is 0. The number of pyridine rings is 2. The highest BCUT2D eigenvalue weighted by molar-refractivity contribution is 6.05. The van der Waals surface area contributed by atoms with Gasteiger partial charge >= 0.3 is 0 Å². The molecular formula is C50H38N4. The molecule has 0 atom stereocenters. The molecule has 0 amide bonds. The molecule has 3 heterocycles. The molecule has 0 fully saturated rings. The van der Waals surface area contributed by atoms with Gasteiger partial charge in [-0.15, -0.1) is 0 Å². The van der Waals surface area contributed by atoms with Crippen LogP contribution in [-0.2, 0) is 5.41 Å². The minimum absolute atomic E-state index is 0.101. The van der Waals surface area contributed by atoms with Crippen LogP contribution in [0, 0.1) is 0 Å². The van der Waals surface area contributed by atoms with Crippen LogP contribution in [0.3, 0.4) is 0 Å². The molecule has 0 aliphatic heterocycles. The van der Waals surface area contributed by atoms with Crippen molar-refractivity contribution >= 4 is 21.8 Å². The summed E-state index contributed by atoms with van der Waals surface area (Å²) in [5, 5.41) is 2.22. The Morgan fingerprint density at radius 2 is 0.833 bits per heavy atom. The molecule has 0 N–H and O–H groups in total. The summed E-state index contributed by atoms with van der Waals surface area (Å²) in [6, 6.07) is 61.2. The molecule has 0 spiro atoms. The topological polar surface area (TPSA) is 51.6 Å². The molecule has 4 heteroatoms. The first-order valence-electron chi connectivity index (χ1n) is 18.4. The van der Waals surface area contributed by atoms with Crippen molar-refractivity contribution in [1.82, 2.24) is 19.9 Å². The van der Waals surface area contributed by atoms with E-state index in [1.165, 1.54) is 5.56 Å². The number of nitrogens with zero attached hydrogens (tertiary/aromatic N) is 4. The summed E-state index contributed by atoms with van der Waals surface area (Å²) in [5.74, 6) is 0.709. The average molecular weight is 695 g/mol. The van der Waals surface area contributed by atoms with Gasteiger partial charge in [-0.05, 0) is 46.4 Å². The first kappa shape index (κ1) is 33.1. The molecule has 3 aromatic heterocycles. The normalized spacial score (nSPS) is 11.6. The van der Waals surface area contributed by atoms with Crippen LogP contribution in [0.4, 0.5) is 0 Å². The maximum absolute atomic E-state index is 5.36. The lowest BCUT2D eigenvalue weighted by Crippen LogP contribution is -2.12. The molecular weight excluding hydrogens is 657 g/mol. The van der Waals surface area contributed by atoms with Crippen molar-refractivity contribution in [3.63, 3.8) is 0 Å². The highest BCUT2D eigenvalue weighted by Gasteiger charge is 2.21. The second-order valence-electron chi connectivity index (χ2n) is 14.8. The maximum Gasteiger partial charge on any atom is 0.160 e. The lowest BCUT2D eigenvalue weighted by atomic mass is 9.83. The van der Waals surface area contributed by atoms with Crippen LogP contribution in [0.2, 0.25) is 0 Å². The Morgan fingerprint density at radius 3 is 1.48 bits per heavy atom. The van der Waals surface area contributed by atoms with Gasteiger partial charge in [-0.25, -0.2) is 19.9 Å². The van der Waals surface area contributed by atoms with E-state index in [2.05, 4.69) is 154 Å². The van der Waals surface area contributed by atoms with Crippen molar-refractivity contribution in [1.29, 1.82) is 0 Å². The Labute approximate surface area is 315 Å². The van der Waals surface area contributed by atoms with E-state index in [4.69, 9.17) is 19.9 Å². The van der Waals surface area contributed by atoms with Crippen molar-refractivity contribution in [2.24, 2.45) is 0 Å². The zero-order valence-electron chi connectivity index (χ0n) is 30.5. The summed E-state index contributed by atoms with van der Waals surface area (Å²) in [6.45, 7) is 6.81. The maximum atomic E-state index is 5.36. The molecule has 0 radical (unpaired) electrons. The molecule has 6 aromatic carbocycles. The molecule has 54 heavy (non-hydrogen) atoms. The minimum atomic E-state index is -0.101. The fraction of sp³-hybridized carbons (Fsp3) is 0.0800. The number of benzene rings is 6. The molecule has 0 aliphatic rings. The number of fused-ring (bicyclic) bond motifs is 3. The van der Waals surface area contributed by atoms with E-state index in [0.717, 1.165) is 83.5 Å². The third-order valence-corrected chi connectivity index (χ3v) is 10.0. The van der Waals surface area contributed by atoms with Crippen LogP contribution < -0.4 is 0 Å². The van der Waals surface area contributed by atoms with E-state index in [-0.39, 0.29) is 5.41 Å². The first-order chi connectivity index (χ1) is 26.4. The first-order valence-corrected chi connectivity index (χ1v) is 18.4. The molecule has 0 saturated carbocycles. The lowest BCUT2D eigenvalue weighted by Gasteiger charge is -2.23. The summed E-state index contributed by atoms with van der Waals surface area (Å²) in [5.41, 5.74) is 14.1. The molecule has 9 rings (SSSR count). The van der Waals surface area contributed by atoms with Crippen molar-refractivity contribution < 1.29 is 0 Å². The Balaban J connectivity index is 1.11. The van der Waals surface area contributed by atoms with Gasteiger partial charge in [0.2, 0.25) is 0 Å². The van der Waals surface area contributed by atoms with Gasteiger partial charge in [0.25, 0.3) is 0 Å². The predicted molar refractivity (Wildman–Crippen MR) is 224 cm³/mol. The number of hydrogen-bond acceptors (Lipinski definition) is 4. The average Bonchev–Trinajstić information content (AvgIpc) is 3.23. The Morgan fingerprint density at radius 1 is 0.333 bits per heavy atom.